The second kappa shape index (κ2) is 6.49. The predicted molar refractivity (Wildman–Crippen MR) is 71.6 cm³/mol. The average molecular weight is 293 g/mol. The summed E-state index contributed by atoms with van der Waals surface area (Å²) in [5.41, 5.74) is 0.850. The molecule has 0 fully saturated rings. The number of hydrogen-bond donors (Lipinski definition) is 1. The monoisotopic (exact) mass is 292 g/mol. The van der Waals surface area contributed by atoms with Gasteiger partial charge in [0, 0.05) is 32.2 Å². The molecule has 1 aromatic rings. The van der Waals surface area contributed by atoms with Gasteiger partial charge in [-0.1, -0.05) is 23.7 Å². The van der Waals surface area contributed by atoms with Gasteiger partial charge in [-0.15, -0.1) is 0 Å². The van der Waals surface area contributed by atoms with Gasteiger partial charge in [-0.25, -0.2) is 0 Å². The number of rotatable bonds is 6. The number of aliphatic hydroxyl groups excluding tert-OH is 1. The minimum Gasteiger partial charge on any atom is -0.395 e. The van der Waals surface area contributed by atoms with Crippen LogP contribution in [0.5, 0.6) is 0 Å². The summed E-state index contributed by atoms with van der Waals surface area (Å²) in [4.78, 5) is 0. The van der Waals surface area contributed by atoms with E-state index < -0.39 is 10.2 Å². The normalized spacial score (nSPS) is 12.3. The molecule has 0 atom stereocenters. The average Bonchev–Trinajstić information content (AvgIpc) is 2.32. The van der Waals surface area contributed by atoms with Gasteiger partial charge in [-0.05, 0) is 17.7 Å². The van der Waals surface area contributed by atoms with Gasteiger partial charge in [0.1, 0.15) is 0 Å². The van der Waals surface area contributed by atoms with E-state index in [1.54, 1.807) is 24.3 Å². The van der Waals surface area contributed by atoms with Crippen LogP contribution in [0.2, 0.25) is 5.02 Å². The van der Waals surface area contributed by atoms with Gasteiger partial charge in [0.25, 0.3) is 10.2 Å². The summed E-state index contributed by atoms with van der Waals surface area (Å²) in [5, 5.41) is 9.38. The third-order valence-electron chi connectivity index (χ3n) is 2.52. The van der Waals surface area contributed by atoms with Crippen LogP contribution in [-0.4, -0.2) is 49.4 Å². The second-order valence-electron chi connectivity index (χ2n) is 3.94. The zero-order valence-corrected chi connectivity index (χ0v) is 11.9. The smallest absolute Gasteiger partial charge is 0.281 e. The third kappa shape index (κ3) is 3.93. The van der Waals surface area contributed by atoms with Crippen molar-refractivity contribution in [3.05, 3.63) is 34.9 Å². The molecule has 0 radical (unpaired) electrons. The molecule has 0 amide bonds. The Hall–Kier alpha value is -0.660. The lowest BCUT2D eigenvalue weighted by Crippen LogP contribution is -2.40. The summed E-state index contributed by atoms with van der Waals surface area (Å²) in [5.74, 6) is 0. The minimum absolute atomic E-state index is 0.0767. The number of likely N-dealkylation sites (N-methyl/N-ethyl adjacent to an activating group) is 1. The maximum Gasteiger partial charge on any atom is 0.281 e. The Kier molecular flexibility index (Phi) is 5.55. The van der Waals surface area contributed by atoms with E-state index in [0.29, 0.717) is 5.02 Å². The molecular weight excluding hydrogens is 276 g/mol. The van der Waals surface area contributed by atoms with Crippen molar-refractivity contribution in [2.24, 2.45) is 0 Å². The molecule has 0 aliphatic carbocycles. The quantitative estimate of drug-likeness (QED) is 0.849. The van der Waals surface area contributed by atoms with Crippen molar-refractivity contribution in [2.75, 3.05) is 27.2 Å². The lowest BCUT2D eigenvalue weighted by atomic mass is 10.2. The van der Waals surface area contributed by atoms with E-state index in [2.05, 4.69) is 0 Å². The standard InChI is InChI=1S/C11H17ClN2O3S/c1-13(7-8-15)18(16,17)14(2)9-10-3-5-11(12)6-4-10/h3-6,15H,7-9H2,1-2H3. The first-order valence-electron chi connectivity index (χ1n) is 5.41. The van der Waals surface area contributed by atoms with Crippen molar-refractivity contribution in [2.45, 2.75) is 6.54 Å². The summed E-state index contributed by atoms with van der Waals surface area (Å²) in [7, 11) is -0.604. The number of aliphatic hydroxyl groups is 1. The lowest BCUT2D eigenvalue weighted by molar-refractivity contribution is 0.260. The van der Waals surface area contributed by atoms with Crippen LogP contribution in [0.15, 0.2) is 24.3 Å². The summed E-state index contributed by atoms with van der Waals surface area (Å²) in [6, 6.07) is 6.99. The highest BCUT2D eigenvalue weighted by Crippen LogP contribution is 2.13. The molecule has 0 unspecified atom stereocenters. The first kappa shape index (κ1) is 15.4. The van der Waals surface area contributed by atoms with Gasteiger partial charge in [0.15, 0.2) is 0 Å². The molecule has 1 aromatic carbocycles. The van der Waals surface area contributed by atoms with E-state index in [1.807, 2.05) is 0 Å². The Morgan fingerprint density at radius 1 is 1.17 bits per heavy atom. The van der Waals surface area contributed by atoms with E-state index >= 15 is 0 Å². The molecule has 0 bridgehead atoms. The molecular formula is C11H17ClN2O3S. The molecule has 0 aromatic heterocycles. The Morgan fingerprint density at radius 3 is 2.22 bits per heavy atom. The molecule has 18 heavy (non-hydrogen) atoms. The molecule has 5 nitrogen and oxygen atoms in total. The van der Waals surface area contributed by atoms with Gasteiger partial charge < -0.3 is 5.11 Å². The minimum atomic E-state index is -3.54. The Balaban J connectivity index is 2.75. The lowest BCUT2D eigenvalue weighted by Gasteiger charge is -2.23. The molecule has 102 valence electrons. The maximum absolute atomic E-state index is 12.0. The fourth-order valence-electron chi connectivity index (χ4n) is 1.42. The maximum atomic E-state index is 12.0. The highest BCUT2D eigenvalue weighted by atomic mass is 35.5. The third-order valence-corrected chi connectivity index (χ3v) is 4.66. The largest absolute Gasteiger partial charge is 0.395 e. The molecule has 0 heterocycles. The number of hydrogen-bond acceptors (Lipinski definition) is 3. The van der Waals surface area contributed by atoms with Gasteiger partial charge in [-0.2, -0.15) is 17.0 Å². The van der Waals surface area contributed by atoms with Gasteiger partial charge >= 0.3 is 0 Å². The van der Waals surface area contributed by atoms with Crippen molar-refractivity contribution in [3.8, 4) is 0 Å². The first-order valence-corrected chi connectivity index (χ1v) is 7.18. The molecule has 1 rings (SSSR count). The summed E-state index contributed by atoms with van der Waals surface area (Å²) < 4.78 is 26.4. The second-order valence-corrected chi connectivity index (χ2v) is 6.51. The molecule has 0 saturated carbocycles. The van der Waals surface area contributed by atoms with Crippen LogP contribution >= 0.6 is 11.6 Å². The molecule has 7 heteroatoms. The fraction of sp³-hybridized carbons (Fsp3) is 0.455. The highest BCUT2D eigenvalue weighted by Gasteiger charge is 2.22. The van der Waals surface area contributed by atoms with E-state index in [1.165, 1.54) is 18.4 Å². The first-order chi connectivity index (χ1) is 8.37. The van der Waals surface area contributed by atoms with Gasteiger partial charge in [0.2, 0.25) is 0 Å². The van der Waals surface area contributed by atoms with E-state index in [9.17, 15) is 8.42 Å². The molecule has 1 N–H and O–H groups in total. The zero-order valence-electron chi connectivity index (χ0n) is 10.4. The summed E-state index contributed by atoms with van der Waals surface area (Å²) in [6.07, 6.45) is 0. The van der Waals surface area contributed by atoms with Crippen molar-refractivity contribution >= 4 is 21.8 Å². The molecule has 0 saturated heterocycles. The topological polar surface area (TPSA) is 60.9 Å². The van der Waals surface area contributed by atoms with Crippen LogP contribution < -0.4 is 0 Å². The molecule has 0 spiro atoms. The Bertz CT molecular complexity index is 476. The van der Waals surface area contributed by atoms with Crippen LogP contribution in [0.4, 0.5) is 0 Å². The van der Waals surface area contributed by atoms with Crippen molar-refractivity contribution in [3.63, 3.8) is 0 Å². The number of halogens is 1. The Labute approximate surface area is 113 Å². The number of nitrogens with zero attached hydrogens (tertiary/aromatic N) is 2. The van der Waals surface area contributed by atoms with Crippen LogP contribution in [0.3, 0.4) is 0 Å². The van der Waals surface area contributed by atoms with Gasteiger partial charge in [-0.3, -0.25) is 0 Å². The summed E-state index contributed by atoms with van der Waals surface area (Å²) >= 11 is 5.76. The van der Waals surface area contributed by atoms with Crippen molar-refractivity contribution in [1.29, 1.82) is 0 Å². The predicted octanol–water partition coefficient (Wildman–Crippen LogP) is 0.941. The van der Waals surface area contributed by atoms with Crippen LogP contribution in [-0.2, 0) is 16.8 Å². The highest BCUT2D eigenvalue weighted by molar-refractivity contribution is 7.86. The van der Waals surface area contributed by atoms with E-state index in [-0.39, 0.29) is 19.7 Å². The SMILES string of the molecule is CN(CCO)S(=O)(=O)N(C)Cc1ccc(Cl)cc1. The van der Waals surface area contributed by atoms with Crippen LogP contribution in [0, 0.1) is 0 Å². The molecule has 0 aliphatic rings. The van der Waals surface area contributed by atoms with Crippen molar-refractivity contribution < 1.29 is 13.5 Å². The molecule has 0 aliphatic heterocycles. The zero-order chi connectivity index (χ0) is 13.8. The van der Waals surface area contributed by atoms with Gasteiger partial charge in [0.05, 0.1) is 6.61 Å². The summed E-state index contributed by atoms with van der Waals surface area (Å²) in [6.45, 7) is 0.132. The van der Waals surface area contributed by atoms with E-state index in [4.69, 9.17) is 16.7 Å². The van der Waals surface area contributed by atoms with Crippen molar-refractivity contribution in [1.82, 2.24) is 8.61 Å². The number of benzene rings is 1. The van der Waals surface area contributed by atoms with Crippen LogP contribution in [0.1, 0.15) is 5.56 Å². The fourth-order valence-corrected chi connectivity index (χ4v) is 2.65. The van der Waals surface area contributed by atoms with E-state index in [0.717, 1.165) is 9.87 Å². The Morgan fingerprint density at radius 2 is 1.72 bits per heavy atom. The van der Waals surface area contributed by atoms with Crippen LogP contribution in [0.25, 0.3) is 0 Å².